The number of hydrogen-bond donors (Lipinski definition) is 1. The molecule has 36 heavy (non-hydrogen) atoms. The minimum absolute atomic E-state index is 0.293. The number of fused-ring (bicyclic) bond motifs is 5. The molecule has 4 rings (SSSR count). The van der Waals surface area contributed by atoms with Crippen molar-refractivity contribution >= 4 is 9.04 Å². The van der Waals surface area contributed by atoms with Crippen LogP contribution in [0.3, 0.4) is 0 Å². The van der Waals surface area contributed by atoms with Crippen molar-refractivity contribution in [3.05, 3.63) is 11.6 Å². The first-order chi connectivity index (χ1) is 16.8. The van der Waals surface area contributed by atoms with Crippen LogP contribution in [0.2, 0.25) is 10.6 Å². The van der Waals surface area contributed by atoms with Crippen LogP contribution in [-0.2, 0) is 4.43 Å². The van der Waals surface area contributed by atoms with E-state index in [1.165, 1.54) is 64.2 Å². The fraction of sp³-hybridized carbons (Fsp3) is 0.939. The van der Waals surface area contributed by atoms with E-state index in [2.05, 4.69) is 68.4 Å². The van der Waals surface area contributed by atoms with E-state index in [0.29, 0.717) is 39.5 Å². The van der Waals surface area contributed by atoms with E-state index in [4.69, 9.17) is 4.43 Å². The molecular weight excluding hydrogens is 456 g/mol. The van der Waals surface area contributed by atoms with Gasteiger partial charge in [0.15, 0.2) is 0 Å². The lowest BCUT2D eigenvalue weighted by Gasteiger charge is -2.63. The van der Waals surface area contributed by atoms with Crippen LogP contribution in [-0.4, -0.2) is 26.9 Å². The van der Waals surface area contributed by atoms with E-state index in [1.54, 1.807) is 5.57 Å². The quantitative estimate of drug-likeness (QED) is 0.198. The fourth-order valence-corrected chi connectivity index (χ4v) is 13.4. The summed E-state index contributed by atoms with van der Waals surface area (Å²) >= 11 is 0. The summed E-state index contributed by atoms with van der Waals surface area (Å²) < 4.78 is 6.98. The molecule has 0 heterocycles. The van der Waals surface area contributed by atoms with Crippen LogP contribution < -0.4 is 0 Å². The zero-order chi connectivity index (χ0) is 26.5. The minimum atomic E-state index is -0.851. The molecule has 0 aliphatic heterocycles. The molecule has 0 spiro atoms. The average molecular weight is 516 g/mol. The van der Waals surface area contributed by atoms with Crippen molar-refractivity contribution in [2.24, 2.45) is 39.9 Å². The maximum atomic E-state index is 9.27. The van der Waals surface area contributed by atoms with Gasteiger partial charge < -0.3 is 9.53 Å². The van der Waals surface area contributed by atoms with Crippen molar-refractivity contribution < 1.29 is 9.53 Å². The van der Waals surface area contributed by atoms with E-state index in [-0.39, 0.29) is 0 Å². The van der Waals surface area contributed by atoms with E-state index in [1.807, 2.05) is 0 Å². The molecular formula is C33H59O2Si. The summed E-state index contributed by atoms with van der Waals surface area (Å²) in [7, 11) is -0.851. The Labute approximate surface area is 226 Å². The van der Waals surface area contributed by atoms with Gasteiger partial charge in [0.05, 0.1) is 0 Å². The number of aliphatic hydroxyl groups excluding tert-OH is 1. The summed E-state index contributed by atoms with van der Waals surface area (Å²) in [4.78, 5) is 0. The summed E-state index contributed by atoms with van der Waals surface area (Å²) in [6.07, 6.45) is 17.4. The highest BCUT2D eigenvalue weighted by Crippen LogP contribution is 2.72. The lowest BCUT2D eigenvalue weighted by Crippen LogP contribution is -2.56. The average Bonchev–Trinajstić information content (AvgIpc) is 3.15. The molecule has 4 aliphatic carbocycles. The SMILES string of the molecule is CC(C)[Si](O[C@H]1CC[C@@]2(C)C(=CC[C@@]3(C)[C@@H]4CC[C@H]([C@H](C)CCCCO)[C@@]4(C)CC[C@@H]32)C1)C(C)(C)C. The van der Waals surface area contributed by atoms with Crippen molar-refractivity contribution in [1.29, 1.82) is 0 Å². The summed E-state index contributed by atoms with van der Waals surface area (Å²) in [5, 5.41) is 9.56. The van der Waals surface area contributed by atoms with Gasteiger partial charge in [0.2, 0.25) is 9.04 Å². The van der Waals surface area contributed by atoms with Crippen molar-refractivity contribution in [3.8, 4) is 0 Å². The predicted octanol–water partition coefficient (Wildman–Crippen LogP) is 9.34. The Hall–Kier alpha value is -0.123. The van der Waals surface area contributed by atoms with Gasteiger partial charge >= 0.3 is 0 Å². The Morgan fingerprint density at radius 1 is 0.972 bits per heavy atom. The van der Waals surface area contributed by atoms with Gasteiger partial charge in [-0.2, -0.15) is 0 Å². The van der Waals surface area contributed by atoms with Gasteiger partial charge in [0.25, 0.3) is 0 Å². The highest BCUT2D eigenvalue weighted by Gasteiger charge is 2.64. The van der Waals surface area contributed by atoms with E-state index in [0.717, 1.165) is 30.1 Å². The van der Waals surface area contributed by atoms with Gasteiger partial charge in [-0.15, -0.1) is 0 Å². The second-order valence-electron chi connectivity index (χ2n) is 15.6. The van der Waals surface area contributed by atoms with Crippen LogP contribution in [0.25, 0.3) is 0 Å². The molecule has 8 atom stereocenters. The molecule has 0 amide bonds. The van der Waals surface area contributed by atoms with Crippen molar-refractivity contribution in [2.75, 3.05) is 6.61 Å². The molecule has 0 saturated heterocycles. The van der Waals surface area contributed by atoms with E-state index in [9.17, 15) is 5.11 Å². The molecule has 1 radical (unpaired) electrons. The van der Waals surface area contributed by atoms with Crippen LogP contribution >= 0.6 is 0 Å². The Morgan fingerprint density at radius 2 is 1.69 bits per heavy atom. The molecule has 0 aromatic rings. The second kappa shape index (κ2) is 10.5. The summed E-state index contributed by atoms with van der Waals surface area (Å²) in [5.74, 6) is 3.37. The van der Waals surface area contributed by atoms with Crippen molar-refractivity contribution in [2.45, 2.75) is 150 Å². The third-order valence-electron chi connectivity index (χ3n) is 12.0. The van der Waals surface area contributed by atoms with Crippen LogP contribution in [0.15, 0.2) is 11.6 Å². The largest absolute Gasteiger partial charge is 0.413 e. The van der Waals surface area contributed by atoms with Crippen LogP contribution in [0.5, 0.6) is 0 Å². The molecule has 2 nitrogen and oxygen atoms in total. The van der Waals surface area contributed by atoms with Gasteiger partial charge in [-0.05, 0) is 108 Å². The normalized spacial score (nSPS) is 41.6. The maximum absolute atomic E-state index is 9.27. The molecule has 3 saturated carbocycles. The first-order valence-electron chi connectivity index (χ1n) is 15.6. The van der Waals surface area contributed by atoms with Gasteiger partial charge in [0.1, 0.15) is 0 Å². The number of hydrogen-bond acceptors (Lipinski definition) is 2. The highest BCUT2D eigenvalue weighted by molar-refractivity contribution is 6.56. The minimum Gasteiger partial charge on any atom is -0.413 e. The molecule has 0 aromatic heterocycles. The van der Waals surface area contributed by atoms with Crippen molar-refractivity contribution in [1.82, 2.24) is 0 Å². The summed E-state index contributed by atoms with van der Waals surface area (Å²) in [5.41, 5.74) is 3.76. The first-order valence-corrected chi connectivity index (χ1v) is 17.1. The lowest BCUT2D eigenvalue weighted by molar-refractivity contribution is -0.113. The topological polar surface area (TPSA) is 29.5 Å². The Morgan fingerprint density at radius 3 is 2.33 bits per heavy atom. The molecule has 0 unspecified atom stereocenters. The zero-order valence-electron chi connectivity index (χ0n) is 25.4. The predicted molar refractivity (Wildman–Crippen MR) is 155 cm³/mol. The second-order valence-corrected chi connectivity index (χ2v) is 19.3. The third kappa shape index (κ3) is 4.97. The molecule has 4 aliphatic rings. The first kappa shape index (κ1) is 28.9. The van der Waals surface area contributed by atoms with Gasteiger partial charge in [-0.25, -0.2) is 0 Å². The number of allylic oxidation sites excluding steroid dienone is 1. The molecule has 3 fully saturated rings. The molecule has 207 valence electrons. The fourth-order valence-electron chi connectivity index (χ4n) is 10.5. The monoisotopic (exact) mass is 515 g/mol. The number of aliphatic hydroxyl groups is 1. The molecule has 1 N–H and O–H groups in total. The van der Waals surface area contributed by atoms with Gasteiger partial charge in [-0.3, -0.25) is 0 Å². The van der Waals surface area contributed by atoms with Crippen LogP contribution in [0.4, 0.5) is 0 Å². The van der Waals surface area contributed by atoms with Crippen LogP contribution in [0.1, 0.15) is 133 Å². The smallest absolute Gasteiger partial charge is 0.220 e. The molecule has 0 aromatic carbocycles. The van der Waals surface area contributed by atoms with E-state index < -0.39 is 9.04 Å². The lowest BCUT2D eigenvalue weighted by atomic mass is 9.41. The Kier molecular flexibility index (Phi) is 8.38. The van der Waals surface area contributed by atoms with Gasteiger partial charge in [0, 0.05) is 12.7 Å². The Bertz CT molecular complexity index is 798. The van der Waals surface area contributed by atoms with Gasteiger partial charge in [-0.1, -0.05) is 86.8 Å². The third-order valence-corrected chi connectivity index (χ3v) is 15.1. The Balaban J connectivity index is 1.51. The summed E-state index contributed by atoms with van der Waals surface area (Å²) in [6, 6.07) is 0. The van der Waals surface area contributed by atoms with Crippen molar-refractivity contribution in [3.63, 3.8) is 0 Å². The van der Waals surface area contributed by atoms with Crippen LogP contribution in [0, 0.1) is 39.9 Å². The maximum Gasteiger partial charge on any atom is 0.220 e. The number of unbranched alkanes of at least 4 members (excludes halogenated alkanes) is 1. The molecule has 0 bridgehead atoms. The standard InChI is InChI=1S/C33H59O2Si/c1-23(2)36(30(4,5)6)35-26-16-19-31(7)25(22-26)15-18-33(9)28-14-13-27(24(3)12-10-11-21-34)32(28,8)20-17-29(31)33/h15,23-24,26-29,34H,10-14,16-22H2,1-9H3/t24-,26+,27-,28-,29-,31+,32-,33+/m1/s1. The highest BCUT2D eigenvalue weighted by atomic mass is 28.3. The van der Waals surface area contributed by atoms with E-state index >= 15 is 0 Å². The number of rotatable bonds is 8. The zero-order valence-corrected chi connectivity index (χ0v) is 26.4. The molecule has 3 heteroatoms. The summed E-state index contributed by atoms with van der Waals surface area (Å²) in [6.45, 7) is 22.8.